The zero-order valence-corrected chi connectivity index (χ0v) is 13.1. The molecule has 0 aromatic heterocycles. The maximum absolute atomic E-state index is 11.4. The van der Waals surface area contributed by atoms with Crippen molar-refractivity contribution in [3.63, 3.8) is 0 Å². The SMILES string of the molecule is CC(C)C1CCC(C#N)(C2(O)CCc3ccccc32)CC1. The van der Waals surface area contributed by atoms with Crippen LogP contribution in [-0.4, -0.2) is 5.11 Å². The highest BCUT2D eigenvalue weighted by atomic mass is 16.3. The zero-order valence-electron chi connectivity index (χ0n) is 13.1. The molecule has 1 atom stereocenters. The summed E-state index contributed by atoms with van der Waals surface area (Å²) in [4.78, 5) is 0. The number of aryl methyl sites for hydroxylation is 1. The predicted molar refractivity (Wildman–Crippen MR) is 83.5 cm³/mol. The molecule has 2 heteroatoms. The molecule has 112 valence electrons. The molecule has 0 saturated heterocycles. The Hall–Kier alpha value is -1.33. The van der Waals surface area contributed by atoms with Gasteiger partial charge in [0.1, 0.15) is 5.60 Å². The normalized spacial score (nSPS) is 35.5. The summed E-state index contributed by atoms with van der Waals surface area (Å²) < 4.78 is 0. The summed E-state index contributed by atoms with van der Waals surface area (Å²) in [6, 6.07) is 10.7. The van der Waals surface area contributed by atoms with Crippen molar-refractivity contribution in [1.82, 2.24) is 0 Å². The van der Waals surface area contributed by atoms with Gasteiger partial charge in [-0.2, -0.15) is 5.26 Å². The molecule has 0 amide bonds. The van der Waals surface area contributed by atoms with Gasteiger partial charge >= 0.3 is 0 Å². The highest BCUT2D eigenvalue weighted by Gasteiger charge is 2.55. The minimum Gasteiger partial charge on any atom is -0.383 e. The van der Waals surface area contributed by atoms with Gasteiger partial charge in [0.25, 0.3) is 0 Å². The Morgan fingerprint density at radius 2 is 1.86 bits per heavy atom. The molecule has 2 aliphatic carbocycles. The third-order valence-electron chi connectivity index (χ3n) is 6.05. The van der Waals surface area contributed by atoms with Crippen molar-refractivity contribution in [2.24, 2.45) is 17.3 Å². The molecule has 2 aliphatic rings. The van der Waals surface area contributed by atoms with Crippen molar-refractivity contribution in [1.29, 1.82) is 5.26 Å². The standard InChI is InChI=1S/C19H25NO/c1-14(2)15-7-10-18(13-20,11-8-15)19(21)12-9-16-5-3-4-6-17(16)19/h3-6,14-15,21H,7-12H2,1-2H3. The lowest BCUT2D eigenvalue weighted by atomic mass is 9.59. The van der Waals surface area contributed by atoms with E-state index in [4.69, 9.17) is 0 Å². The number of hydrogen-bond donors (Lipinski definition) is 1. The second-order valence-corrected chi connectivity index (χ2v) is 7.29. The van der Waals surface area contributed by atoms with Crippen LogP contribution in [0, 0.1) is 28.6 Å². The van der Waals surface area contributed by atoms with Gasteiger partial charge in [-0.25, -0.2) is 0 Å². The van der Waals surface area contributed by atoms with E-state index in [1.54, 1.807) is 0 Å². The molecule has 1 fully saturated rings. The molecule has 1 saturated carbocycles. The summed E-state index contributed by atoms with van der Waals surface area (Å²) in [7, 11) is 0. The van der Waals surface area contributed by atoms with Gasteiger partial charge in [-0.15, -0.1) is 0 Å². The van der Waals surface area contributed by atoms with Crippen LogP contribution >= 0.6 is 0 Å². The number of benzene rings is 1. The fourth-order valence-corrected chi connectivity index (χ4v) is 4.51. The van der Waals surface area contributed by atoms with Gasteiger partial charge in [0, 0.05) is 0 Å². The molecule has 1 N–H and O–H groups in total. The van der Waals surface area contributed by atoms with Gasteiger partial charge in [-0.1, -0.05) is 38.1 Å². The van der Waals surface area contributed by atoms with Gasteiger partial charge in [0.15, 0.2) is 0 Å². The van der Waals surface area contributed by atoms with Crippen LogP contribution in [-0.2, 0) is 12.0 Å². The predicted octanol–water partition coefficient (Wildman–Crippen LogP) is 4.18. The van der Waals surface area contributed by atoms with Crippen molar-refractivity contribution >= 4 is 0 Å². The summed E-state index contributed by atoms with van der Waals surface area (Å²) in [5.41, 5.74) is 0.695. The van der Waals surface area contributed by atoms with Crippen LogP contribution in [0.5, 0.6) is 0 Å². The molecular formula is C19H25NO. The number of hydrogen-bond acceptors (Lipinski definition) is 2. The number of aliphatic hydroxyl groups is 1. The molecule has 3 rings (SSSR count). The summed E-state index contributed by atoms with van der Waals surface area (Å²) in [6.07, 6.45) is 5.38. The van der Waals surface area contributed by atoms with Gasteiger partial charge in [0.05, 0.1) is 11.5 Å². The topological polar surface area (TPSA) is 44.0 Å². The smallest absolute Gasteiger partial charge is 0.109 e. The van der Waals surface area contributed by atoms with Gasteiger partial charge < -0.3 is 5.11 Å². The maximum atomic E-state index is 11.4. The molecule has 1 aromatic carbocycles. The van der Waals surface area contributed by atoms with Crippen molar-refractivity contribution in [3.05, 3.63) is 35.4 Å². The molecule has 1 aromatic rings. The molecule has 1 unspecified atom stereocenters. The van der Waals surface area contributed by atoms with E-state index >= 15 is 0 Å². The van der Waals surface area contributed by atoms with E-state index in [1.165, 1.54) is 5.56 Å². The Morgan fingerprint density at radius 3 is 2.48 bits per heavy atom. The second kappa shape index (κ2) is 5.14. The Labute approximate surface area is 127 Å². The first-order valence-electron chi connectivity index (χ1n) is 8.24. The number of nitrogens with zero attached hydrogens (tertiary/aromatic N) is 1. The van der Waals surface area contributed by atoms with E-state index in [0.717, 1.165) is 37.7 Å². The van der Waals surface area contributed by atoms with Crippen molar-refractivity contribution in [2.45, 2.75) is 58.0 Å². The average molecular weight is 283 g/mol. The lowest BCUT2D eigenvalue weighted by Crippen LogP contribution is -2.46. The number of nitriles is 1. The Balaban J connectivity index is 1.93. The van der Waals surface area contributed by atoms with Gasteiger partial charge in [-0.05, 0) is 61.5 Å². The van der Waals surface area contributed by atoms with Crippen LogP contribution in [0.4, 0.5) is 0 Å². The number of fused-ring (bicyclic) bond motifs is 1. The Morgan fingerprint density at radius 1 is 1.19 bits per heavy atom. The lowest BCUT2D eigenvalue weighted by Gasteiger charge is -2.46. The van der Waals surface area contributed by atoms with Crippen LogP contribution in [0.3, 0.4) is 0 Å². The van der Waals surface area contributed by atoms with E-state index in [9.17, 15) is 10.4 Å². The van der Waals surface area contributed by atoms with Crippen molar-refractivity contribution < 1.29 is 5.11 Å². The monoisotopic (exact) mass is 283 g/mol. The summed E-state index contributed by atoms with van der Waals surface area (Å²) in [5.74, 6) is 1.37. The fourth-order valence-electron chi connectivity index (χ4n) is 4.51. The van der Waals surface area contributed by atoms with Gasteiger partial charge in [0.2, 0.25) is 0 Å². The lowest BCUT2D eigenvalue weighted by molar-refractivity contribution is -0.0853. The van der Waals surface area contributed by atoms with Crippen LogP contribution in [0.2, 0.25) is 0 Å². The minimum atomic E-state index is -0.944. The van der Waals surface area contributed by atoms with E-state index in [-0.39, 0.29) is 0 Å². The zero-order chi connectivity index (χ0) is 15.1. The molecule has 0 bridgehead atoms. The molecule has 2 nitrogen and oxygen atoms in total. The first-order chi connectivity index (χ1) is 10.0. The van der Waals surface area contributed by atoms with Crippen molar-refractivity contribution in [2.75, 3.05) is 0 Å². The third kappa shape index (κ3) is 2.10. The Bertz CT molecular complexity index is 563. The molecule has 0 aliphatic heterocycles. The molecular weight excluding hydrogens is 258 g/mol. The molecule has 21 heavy (non-hydrogen) atoms. The first-order valence-corrected chi connectivity index (χ1v) is 8.24. The second-order valence-electron chi connectivity index (χ2n) is 7.29. The van der Waals surface area contributed by atoms with E-state index in [0.29, 0.717) is 18.3 Å². The quantitative estimate of drug-likeness (QED) is 0.885. The largest absolute Gasteiger partial charge is 0.383 e. The third-order valence-corrected chi connectivity index (χ3v) is 6.05. The first kappa shape index (κ1) is 14.6. The van der Waals surface area contributed by atoms with Crippen LogP contribution in [0.25, 0.3) is 0 Å². The fraction of sp³-hybridized carbons (Fsp3) is 0.632. The van der Waals surface area contributed by atoms with Gasteiger partial charge in [-0.3, -0.25) is 0 Å². The summed E-state index contributed by atoms with van der Waals surface area (Å²) in [5, 5.41) is 21.3. The van der Waals surface area contributed by atoms with Crippen molar-refractivity contribution in [3.8, 4) is 6.07 Å². The molecule has 0 radical (unpaired) electrons. The average Bonchev–Trinajstić information content (AvgIpc) is 2.87. The minimum absolute atomic E-state index is 0.592. The van der Waals surface area contributed by atoms with E-state index < -0.39 is 11.0 Å². The van der Waals surface area contributed by atoms with Crippen LogP contribution < -0.4 is 0 Å². The summed E-state index contributed by atoms with van der Waals surface area (Å²) >= 11 is 0. The van der Waals surface area contributed by atoms with E-state index in [2.05, 4.69) is 26.0 Å². The Kier molecular flexibility index (Phi) is 3.58. The highest BCUT2D eigenvalue weighted by molar-refractivity contribution is 5.41. The van der Waals surface area contributed by atoms with E-state index in [1.807, 2.05) is 18.2 Å². The molecule has 0 spiro atoms. The molecule has 0 heterocycles. The maximum Gasteiger partial charge on any atom is 0.109 e. The number of rotatable bonds is 2. The van der Waals surface area contributed by atoms with Crippen LogP contribution in [0.15, 0.2) is 24.3 Å². The van der Waals surface area contributed by atoms with Crippen LogP contribution in [0.1, 0.15) is 57.1 Å². The summed E-state index contributed by atoms with van der Waals surface area (Å²) in [6.45, 7) is 4.53. The highest BCUT2D eigenvalue weighted by Crippen LogP contribution is 2.56.